The van der Waals surface area contributed by atoms with Gasteiger partial charge in [0.25, 0.3) is 11.5 Å². The van der Waals surface area contributed by atoms with Crippen LogP contribution in [-0.2, 0) is 4.79 Å². The van der Waals surface area contributed by atoms with Crippen molar-refractivity contribution in [3.05, 3.63) is 115 Å². The third-order valence-electron chi connectivity index (χ3n) is 6.63. The third-order valence-corrected chi connectivity index (χ3v) is 8.30. The summed E-state index contributed by atoms with van der Waals surface area (Å²) in [5.41, 5.74) is 1.78. The first-order valence-electron chi connectivity index (χ1n) is 13.7. The van der Waals surface area contributed by atoms with Crippen LogP contribution in [0.4, 0.5) is 5.69 Å². The number of carbonyl (C=O) groups excluding carboxylic acids is 1. The summed E-state index contributed by atoms with van der Waals surface area (Å²) in [6.07, 6.45) is 1.45. The van der Waals surface area contributed by atoms with Gasteiger partial charge in [-0.3, -0.25) is 9.59 Å². The van der Waals surface area contributed by atoms with Crippen molar-refractivity contribution in [2.45, 2.75) is 6.92 Å². The quantitative estimate of drug-likeness (QED) is 0.152. The molecule has 226 valence electrons. The zero-order valence-corrected chi connectivity index (χ0v) is 26.7. The van der Waals surface area contributed by atoms with Gasteiger partial charge in [0.05, 0.1) is 23.7 Å². The molecule has 2 aromatic heterocycles. The second kappa shape index (κ2) is 13.2. The Labute approximate surface area is 275 Å². The Morgan fingerprint density at radius 3 is 2.62 bits per heavy atom. The number of halogens is 3. The van der Waals surface area contributed by atoms with Crippen LogP contribution in [0.25, 0.3) is 33.5 Å². The van der Waals surface area contributed by atoms with Crippen molar-refractivity contribution in [1.82, 2.24) is 9.66 Å². The summed E-state index contributed by atoms with van der Waals surface area (Å²) in [4.78, 5) is 30.9. The Bertz CT molecular complexity index is 2150. The van der Waals surface area contributed by atoms with Gasteiger partial charge in [-0.05, 0) is 77.5 Å². The molecule has 45 heavy (non-hydrogen) atoms. The normalized spacial score (nSPS) is 11.4. The molecule has 9 nitrogen and oxygen atoms in total. The van der Waals surface area contributed by atoms with Gasteiger partial charge in [0, 0.05) is 26.1 Å². The SMILES string of the molecule is CCOc1cc(C=Nn2c(-c3cc4cc(Cl)ccc4o3)nc3ccccc3c2=O)c(Br)c(Cl)c1OCC(=O)Nc1ccccc1. The minimum atomic E-state index is -0.401. The van der Waals surface area contributed by atoms with E-state index in [4.69, 9.17) is 42.1 Å². The third kappa shape index (κ3) is 6.44. The number of anilines is 1. The molecule has 0 aliphatic rings. The summed E-state index contributed by atoms with van der Waals surface area (Å²) in [7, 11) is 0. The molecule has 0 atom stereocenters. The van der Waals surface area contributed by atoms with Crippen molar-refractivity contribution < 1.29 is 18.7 Å². The smallest absolute Gasteiger partial charge is 0.282 e. The predicted molar refractivity (Wildman–Crippen MR) is 180 cm³/mol. The van der Waals surface area contributed by atoms with Crippen LogP contribution >= 0.6 is 39.1 Å². The number of carbonyl (C=O) groups is 1. The van der Waals surface area contributed by atoms with E-state index in [1.165, 1.54) is 10.9 Å². The van der Waals surface area contributed by atoms with Crippen LogP contribution in [0.5, 0.6) is 11.5 Å². The first kappa shape index (κ1) is 30.4. The standard InChI is InChI=1S/C33H23BrCl2N4O5/c1-2-43-26-16-20(29(34)30(36)31(26)44-18-28(41)38-22-8-4-3-5-9-22)17-37-40-32(39-24-11-7-6-10-23(24)33(40)42)27-15-19-14-21(35)12-13-25(19)45-27/h3-17H,2,18H2,1H3,(H,38,41). The Balaban J connectivity index is 1.37. The Morgan fingerprint density at radius 2 is 1.82 bits per heavy atom. The molecule has 0 unspecified atom stereocenters. The fourth-order valence-corrected chi connectivity index (χ4v) is 5.42. The van der Waals surface area contributed by atoms with Crippen LogP contribution in [0, 0.1) is 0 Å². The van der Waals surface area contributed by atoms with E-state index in [9.17, 15) is 9.59 Å². The topological polar surface area (TPSA) is 108 Å². The van der Waals surface area contributed by atoms with Crippen molar-refractivity contribution in [3.8, 4) is 23.1 Å². The van der Waals surface area contributed by atoms with E-state index in [-0.39, 0.29) is 34.9 Å². The highest BCUT2D eigenvalue weighted by molar-refractivity contribution is 9.10. The number of hydrogen-bond acceptors (Lipinski definition) is 7. The summed E-state index contributed by atoms with van der Waals surface area (Å²) in [5.74, 6) is 0.621. The van der Waals surface area contributed by atoms with Crippen molar-refractivity contribution in [1.29, 1.82) is 0 Å². The number of benzene rings is 4. The van der Waals surface area contributed by atoms with E-state index in [0.717, 1.165) is 5.39 Å². The van der Waals surface area contributed by atoms with Crippen molar-refractivity contribution in [2.24, 2.45) is 5.10 Å². The van der Waals surface area contributed by atoms with Gasteiger partial charge in [-0.2, -0.15) is 9.78 Å². The molecule has 0 spiro atoms. The minimum absolute atomic E-state index is 0.160. The molecule has 4 aromatic carbocycles. The number of amides is 1. The molecule has 0 aliphatic heterocycles. The van der Waals surface area contributed by atoms with Gasteiger partial charge in [0.15, 0.2) is 23.9 Å². The number of rotatable bonds is 9. The zero-order chi connectivity index (χ0) is 31.5. The van der Waals surface area contributed by atoms with E-state index in [2.05, 4.69) is 26.3 Å². The highest BCUT2D eigenvalue weighted by Gasteiger charge is 2.20. The first-order chi connectivity index (χ1) is 21.8. The number of ether oxygens (including phenoxy) is 2. The van der Waals surface area contributed by atoms with Gasteiger partial charge in [0.1, 0.15) is 10.6 Å². The molecule has 0 aliphatic carbocycles. The maximum absolute atomic E-state index is 13.7. The first-order valence-corrected chi connectivity index (χ1v) is 15.3. The molecule has 1 N–H and O–H groups in total. The van der Waals surface area contributed by atoms with Crippen LogP contribution in [-0.4, -0.2) is 35.0 Å². The van der Waals surface area contributed by atoms with Crippen molar-refractivity contribution >= 4 is 78.8 Å². The van der Waals surface area contributed by atoms with Gasteiger partial charge < -0.3 is 19.2 Å². The Morgan fingerprint density at radius 1 is 1.04 bits per heavy atom. The van der Waals surface area contributed by atoms with Gasteiger partial charge in [-0.15, -0.1) is 0 Å². The van der Waals surface area contributed by atoms with Crippen molar-refractivity contribution in [3.63, 3.8) is 0 Å². The average Bonchev–Trinajstić information content (AvgIpc) is 3.46. The van der Waals surface area contributed by atoms with Gasteiger partial charge in [0.2, 0.25) is 5.82 Å². The lowest BCUT2D eigenvalue weighted by Gasteiger charge is -2.16. The monoisotopic (exact) mass is 704 g/mol. The van der Waals surface area contributed by atoms with Gasteiger partial charge in [-0.25, -0.2) is 4.98 Å². The predicted octanol–water partition coefficient (Wildman–Crippen LogP) is 8.18. The molecular formula is C33H23BrCl2N4O5. The second-order valence-corrected chi connectivity index (χ2v) is 11.3. The van der Waals surface area contributed by atoms with Gasteiger partial charge in [-0.1, -0.05) is 53.5 Å². The molecular weight excluding hydrogens is 683 g/mol. The zero-order valence-electron chi connectivity index (χ0n) is 23.6. The highest BCUT2D eigenvalue weighted by atomic mass is 79.9. The lowest BCUT2D eigenvalue weighted by molar-refractivity contribution is -0.118. The van der Waals surface area contributed by atoms with E-state index in [0.29, 0.717) is 49.6 Å². The summed E-state index contributed by atoms with van der Waals surface area (Å²) in [5, 5.41) is 9.12. The van der Waals surface area contributed by atoms with Crippen LogP contribution in [0.2, 0.25) is 10.0 Å². The van der Waals surface area contributed by atoms with Crippen LogP contribution < -0.4 is 20.3 Å². The summed E-state index contributed by atoms with van der Waals surface area (Å²) < 4.78 is 19.2. The van der Waals surface area contributed by atoms with E-state index < -0.39 is 5.56 Å². The average molecular weight is 706 g/mol. The maximum Gasteiger partial charge on any atom is 0.282 e. The molecule has 1 amide bonds. The Hall–Kier alpha value is -4.64. The molecule has 0 fully saturated rings. The lowest BCUT2D eigenvalue weighted by Crippen LogP contribution is -2.20. The van der Waals surface area contributed by atoms with E-state index in [1.54, 1.807) is 66.7 Å². The summed E-state index contributed by atoms with van der Waals surface area (Å²) in [6.45, 7) is 1.80. The van der Waals surface area contributed by atoms with Crippen LogP contribution in [0.1, 0.15) is 12.5 Å². The molecule has 6 aromatic rings. The summed E-state index contributed by atoms with van der Waals surface area (Å²) >= 11 is 16.4. The molecule has 0 radical (unpaired) electrons. The van der Waals surface area contributed by atoms with Crippen LogP contribution in [0.15, 0.2) is 104 Å². The number of hydrogen-bond donors (Lipinski definition) is 1. The molecule has 6 rings (SSSR count). The molecule has 0 bridgehead atoms. The number of para-hydroxylation sites is 2. The maximum atomic E-state index is 13.7. The van der Waals surface area contributed by atoms with E-state index in [1.807, 2.05) is 25.1 Å². The second-order valence-electron chi connectivity index (χ2n) is 9.66. The molecule has 12 heteroatoms. The number of furan rings is 1. The lowest BCUT2D eigenvalue weighted by atomic mass is 10.2. The fraction of sp³-hybridized carbons (Fsp3) is 0.0909. The fourth-order valence-electron chi connectivity index (χ4n) is 4.59. The highest BCUT2D eigenvalue weighted by Crippen LogP contribution is 2.42. The Kier molecular flexibility index (Phi) is 8.88. The number of nitrogens with zero attached hydrogens (tertiary/aromatic N) is 3. The number of aromatic nitrogens is 2. The largest absolute Gasteiger partial charge is 0.490 e. The van der Waals surface area contributed by atoms with Crippen LogP contribution in [0.3, 0.4) is 0 Å². The van der Waals surface area contributed by atoms with E-state index >= 15 is 0 Å². The molecule has 0 saturated heterocycles. The minimum Gasteiger partial charge on any atom is -0.490 e. The van der Waals surface area contributed by atoms with Crippen molar-refractivity contribution in [2.75, 3.05) is 18.5 Å². The number of nitrogens with one attached hydrogen (secondary N) is 1. The molecule has 2 heterocycles. The number of fused-ring (bicyclic) bond motifs is 2. The summed E-state index contributed by atoms with van der Waals surface area (Å²) in [6, 6.07) is 24.6. The van der Waals surface area contributed by atoms with Gasteiger partial charge >= 0.3 is 0 Å². The molecule has 0 saturated carbocycles.